The van der Waals surface area contributed by atoms with E-state index in [1.54, 1.807) is 0 Å². The van der Waals surface area contributed by atoms with Crippen LogP contribution < -0.4 is 26.7 Å². The predicted molar refractivity (Wildman–Crippen MR) is 118 cm³/mol. The molecule has 0 aliphatic carbocycles. The molecule has 3 amide bonds. The molecule has 10 heteroatoms. The van der Waals surface area contributed by atoms with E-state index in [4.69, 9.17) is 4.99 Å². The van der Waals surface area contributed by atoms with Gasteiger partial charge in [-0.1, -0.05) is 43.6 Å². The molecule has 1 aliphatic rings. The summed E-state index contributed by atoms with van der Waals surface area (Å²) in [7, 11) is 3.27. The molecule has 0 saturated carbocycles. The first kappa shape index (κ1) is 23.2. The summed E-state index contributed by atoms with van der Waals surface area (Å²) in [6.45, 7) is 5.83. The lowest BCUT2D eigenvalue weighted by Gasteiger charge is -2.25. The number of amidine groups is 1. The van der Waals surface area contributed by atoms with Gasteiger partial charge in [0.05, 0.1) is 13.2 Å². The fraction of sp³-hybridized carbons (Fsp3) is 0.500. The summed E-state index contributed by atoms with van der Waals surface area (Å²) in [5.41, 5.74) is 2.24. The monoisotopic (exact) mass is 415 g/mol. The minimum Gasteiger partial charge on any atom is -0.453 e. The van der Waals surface area contributed by atoms with Crippen molar-refractivity contribution in [1.29, 1.82) is 0 Å². The van der Waals surface area contributed by atoms with Gasteiger partial charge in [0, 0.05) is 20.0 Å². The number of carbonyl (C=O) groups excluding carboxylic acids is 3. The van der Waals surface area contributed by atoms with Gasteiger partial charge in [-0.3, -0.25) is 14.6 Å². The largest absolute Gasteiger partial charge is 0.453 e. The minimum absolute atomic E-state index is 0.0774. The highest BCUT2D eigenvalue weighted by Gasteiger charge is 2.30. The summed E-state index contributed by atoms with van der Waals surface area (Å²) in [6, 6.07) is 6.71. The van der Waals surface area contributed by atoms with E-state index in [0.29, 0.717) is 12.4 Å². The van der Waals surface area contributed by atoms with Crippen molar-refractivity contribution in [2.45, 2.75) is 38.9 Å². The Morgan fingerprint density at radius 3 is 2.47 bits per heavy atom. The van der Waals surface area contributed by atoms with Crippen molar-refractivity contribution in [2.75, 3.05) is 20.2 Å². The molecule has 1 aromatic carbocycles. The van der Waals surface area contributed by atoms with Crippen LogP contribution in [0.15, 0.2) is 29.3 Å². The Morgan fingerprint density at radius 1 is 1.23 bits per heavy atom. The van der Waals surface area contributed by atoms with Gasteiger partial charge in [0.15, 0.2) is 0 Å². The normalized spacial score (nSPS) is 17.4. The van der Waals surface area contributed by atoms with Crippen molar-refractivity contribution in [3.8, 4) is 0 Å². The van der Waals surface area contributed by atoms with Crippen molar-refractivity contribution >= 4 is 37.1 Å². The number of hydrogen-bond donors (Lipinski definition) is 4. The zero-order chi connectivity index (χ0) is 22.3. The summed E-state index contributed by atoms with van der Waals surface area (Å²) in [6.07, 6.45) is -0.682. The summed E-state index contributed by atoms with van der Waals surface area (Å²) in [5, 5.41) is 11.4. The van der Waals surface area contributed by atoms with E-state index in [9.17, 15) is 14.4 Å². The first-order valence-corrected chi connectivity index (χ1v) is 9.98. The molecule has 4 N–H and O–H groups in total. The third-order valence-electron chi connectivity index (χ3n) is 4.84. The molecule has 0 bridgehead atoms. The zero-order valence-electron chi connectivity index (χ0n) is 18.1. The predicted octanol–water partition coefficient (Wildman–Crippen LogP) is -1.01. The lowest BCUT2D eigenvalue weighted by Crippen LogP contribution is -2.57. The van der Waals surface area contributed by atoms with Gasteiger partial charge < -0.3 is 26.0 Å². The van der Waals surface area contributed by atoms with E-state index in [1.165, 1.54) is 19.5 Å². The second-order valence-corrected chi connectivity index (χ2v) is 7.68. The number of aliphatic imine (C=N–C) groups is 1. The molecule has 0 radical (unpaired) electrons. The molecule has 0 spiro atoms. The Balaban J connectivity index is 2.17. The number of alkyl carbamates (subject to hydrolysis) is 1. The highest BCUT2D eigenvalue weighted by molar-refractivity contribution is 6.32. The van der Waals surface area contributed by atoms with Gasteiger partial charge in [-0.25, -0.2) is 4.79 Å². The topological polar surface area (TPSA) is 121 Å². The molecule has 1 aromatic rings. The maximum atomic E-state index is 12.9. The number of methoxy groups -OCH3 is 1. The van der Waals surface area contributed by atoms with Crippen LogP contribution in [0.5, 0.6) is 0 Å². The highest BCUT2D eigenvalue weighted by Crippen LogP contribution is 2.20. The lowest BCUT2D eigenvalue weighted by molar-refractivity contribution is -0.125. The summed E-state index contributed by atoms with van der Waals surface area (Å²) in [4.78, 5) is 40.6. The number of ether oxygens (including phenoxy) is 1. The van der Waals surface area contributed by atoms with Crippen LogP contribution in [0, 0.1) is 5.92 Å². The zero-order valence-corrected chi connectivity index (χ0v) is 18.1. The molecule has 30 heavy (non-hydrogen) atoms. The molecule has 1 unspecified atom stereocenters. The van der Waals surface area contributed by atoms with E-state index in [0.717, 1.165) is 5.56 Å². The second-order valence-electron chi connectivity index (χ2n) is 7.68. The van der Waals surface area contributed by atoms with E-state index < -0.39 is 18.2 Å². The molecule has 1 aliphatic heterocycles. The third-order valence-corrected chi connectivity index (χ3v) is 4.84. The maximum absolute atomic E-state index is 12.9. The van der Waals surface area contributed by atoms with Crippen LogP contribution in [0.3, 0.4) is 0 Å². The first-order chi connectivity index (χ1) is 14.2. The Labute approximate surface area is 177 Å². The number of rotatable bonds is 8. The number of nitrogens with zero attached hydrogens (tertiary/aromatic N) is 1. The smallest absolute Gasteiger partial charge is 0.407 e. The van der Waals surface area contributed by atoms with Crippen LogP contribution in [-0.2, 0) is 14.3 Å². The summed E-state index contributed by atoms with van der Waals surface area (Å²) >= 11 is 0. The van der Waals surface area contributed by atoms with Crippen LogP contribution >= 0.6 is 0 Å². The van der Waals surface area contributed by atoms with Crippen molar-refractivity contribution in [3.05, 3.63) is 29.8 Å². The van der Waals surface area contributed by atoms with Crippen LogP contribution in [0.25, 0.3) is 0 Å². The van der Waals surface area contributed by atoms with Crippen LogP contribution in [-0.4, -0.2) is 63.9 Å². The molecular formula is C20H30BN5O4. The van der Waals surface area contributed by atoms with Gasteiger partial charge in [-0.2, -0.15) is 0 Å². The quantitative estimate of drug-likeness (QED) is 0.406. The maximum Gasteiger partial charge on any atom is 0.407 e. The van der Waals surface area contributed by atoms with Crippen LogP contribution in [0.1, 0.15) is 32.4 Å². The van der Waals surface area contributed by atoms with Gasteiger partial charge in [-0.15, -0.1) is 0 Å². The van der Waals surface area contributed by atoms with Gasteiger partial charge in [0.25, 0.3) is 0 Å². The molecule has 9 nitrogen and oxygen atoms in total. The van der Waals surface area contributed by atoms with Crippen molar-refractivity contribution in [2.24, 2.45) is 10.9 Å². The van der Waals surface area contributed by atoms with E-state index in [2.05, 4.69) is 26.0 Å². The number of carbonyl (C=O) groups is 3. The lowest BCUT2D eigenvalue weighted by atomic mass is 9.94. The minimum atomic E-state index is -0.785. The fourth-order valence-corrected chi connectivity index (χ4v) is 3.10. The number of nitrogens with one attached hydrogen (secondary N) is 4. The van der Waals surface area contributed by atoms with Crippen molar-refractivity contribution in [3.63, 3.8) is 0 Å². The second kappa shape index (κ2) is 10.7. The van der Waals surface area contributed by atoms with Gasteiger partial charge in [0.1, 0.15) is 25.8 Å². The summed E-state index contributed by atoms with van der Waals surface area (Å²) < 4.78 is 4.61. The van der Waals surface area contributed by atoms with Crippen molar-refractivity contribution < 1.29 is 19.1 Å². The van der Waals surface area contributed by atoms with E-state index in [-0.39, 0.29) is 30.3 Å². The molecule has 1 heterocycles. The number of hydrogen-bond acceptors (Lipinski definition) is 6. The first-order valence-electron chi connectivity index (χ1n) is 9.98. The summed E-state index contributed by atoms with van der Waals surface area (Å²) in [5.74, 6) is -0.169. The standard InChI is InChI=1S/C20H30BN5O4/c1-11(2)17(26-20(29)30-4)19(28)25-16(10-22-12(3)27)18-23-9-15(24-18)13-5-7-14(21)8-6-13/h5-8,11,15-17H,9-10,21H2,1-4H3,(H,22,27)(H,23,24)(H,25,28)(H,26,29)/t15?,16-,17-/m0/s1. The highest BCUT2D eigenvalue weighted by atomic mass is 16.5. The molecular weight excluding hydrogens is 385 g/mol. The van der Waals surface area contributed by atoms with Crippen LogP contribution in [0.2, 0.25) is 0 Å². The Kier molecular flexibility index (Phi) is 8.26. The molecule has 2 rings (SSSR count). The SMILES string of the molecule is Bc1ccc(C2CNC([C@H](CNC(C)=O)NC(=O)[C@@H](NC(=O)OC)C(C)C)=N2)cc1. The Morgan fingerprint density at radius 2 is 1.90 bits per heavy atom. The molecule has 0 saturated heterocycles. The fourth-order valence-electron chi connectivity index (χ4n) is 3.10. The van der Waals surface area contributed by atoms with Gasteiger partial charge in [-0.05, 0) is 11.5 Å². The molecule has 3 atom stereocenters. The van der Waals surface area contributed by atoms with Gasteiger partial charge >= 0.3 is 6.09 Å². The Hall–Kier alpha value is -3.04. The van der Waals surface area contributed by atoms with E-state index in [1.807, 2.05) is 46.0 Å². The molecule has 0 aromatic heterocycles. The van der Waals surface area contributed by atoms with Gasteiger partial charge in [0.2, 0.25) is 11.8 Å². The molecule has 162 valence electrons. The third kappa shape index (κ3) is 6.50. The Bertz CT molecular complexity index is 797. The van der Waals surface area contributed by atoms with Crippen LogP contribution in [0.4, 0.5) is 4.79 Å². The molecule has 0 fully saturated rings. The number of amides is 3. The average Bonchev–Trinajstić information content (AvgIpc) is 3.19. The number of benzene rings is 1. The van der Waals surface area contributed by atoms with E-state index >= 15 is 0 Å². The average molecular weight is 415 g/mol. The van der Waals surface area contributed by atoms with Crippen molar-refractivity contribution in [1.82, 2.24) is 21.3 Å².